The molecule has 1 aliphatic carbocycles. The third-order valence-electron chi connectivity index (χ3n) is 9.11. The average molecular weight is 714 g/mol. The minimum absolute atomic E-state index is 0.0132. The number of allylic oxidation sites excluding steroid dienone is 1. The minimum atomic E-state index is -5.11. The van der Waals surface area contributed by atoms with E-state index < -0.39 is 65.0 Å². The van der Waals surface area contributed by atoms with Gasteiger partial charge in [0.2, 0.25) is 0 Å². The number of methoxy groups -OCH3 is 1. The molecule has 14 heteroatoms. The Morgan fingerprint density at radius 1 is 0.820 bits per heavy atom. The van der Waals surface area contributed by atoms with Crippen LogP contribution in [-0.2, 0) is 28.0 Å². The minimum Gasteiger partial charge on any atom is -0.465 e. The van der Waals surface area contributed by atoms with Gasteiger partial charge in [0.1, 0.15) is 6.10 Å². The first-order valence-corrected chi connectivity index (χ1v) is 15.5. The zero-order valence-electron chi connectivity index (χ0n) is 27.2. The van der Waals surface area contributed by atoms with Gasteiger partial charge in [0.05, 0.1) is 35.4 Å². The van der Waals surface area contributed by atoms with Gasteiger partial charge in [-0.3, -0.25) is 4.90 Å². The molecule has 1 heterocycles. The monoisotopic (exact) mass is 713 g/mol. The van der Waals surface area contributed by atoms with Crippen LogP contribution >= 0.6 is 0 Å². The molecule has 3 aromatic carbocycles. The average Bonchev–Trinajstić information content (AvgIpc) is 3.31. The Labute approximate surface area is 281 Å². The zero-order valence-corrected chi connectivity index (χ0v) is 27.2. The van der Waals surface area contributed by atoms with E-state index in [1.807, 2.05) is 13.8 Å². The fourth-order valence-electron chi connectivity index (χ4n) is 6.47. The highest BCUT2D eigenvalue weighted by molar-refractivity contribution is 5.90. The molecule has 0 spiro atoms. The zero-order chi connectivity index (χ0) is 37.0. The Balaban J connectivity index is 1.56. The van der Waals surface area contributed by atoms with Gasteiger partial charge in [-0.15, -0.1) is 0 Å². The lowest BCUT2D eigenvalue weighted by molar-refractivity contribution is -0.143. The van der Waals surface area contributed by atoms with Crippen LogP contribution < -0.4 is 0 Å². The van der Waals surface area contributed by atoms with E-state index in [0.29, 0.717) is 48.1 Å². The van der Waals surface area contributed by atoms with Gasteiger partial charge in [-0.2, -0.15) is 39.5 Å². The van der Waals surface area contributed by atoms with Crippen molar-refractivity contribution in [3.63, 3.8) is 0 Å². The van der Waals surface area contributed by atoms with E-state index in [9.17, 15) is 49.1 Å². The van der Waals surface area contributed by atoms with Crippen molar-refractivity contribution in [3.05, 3.63) is 99.6 Å². The molecule has 0 saturated carbocycles. The van der Waals surface area contributed by atoms with Crippen molar-refractivity contribution in [2.45, 2.75) is 70.7 Å². The molecule has 1 fully saturated rings. The first-order valence-electron chi connectivity index (χ1n) is 15.5. The van der Waals surface area contributed by atoms with E-state index in [2.05, 4.69) is 0 Å². The highest BCUT2D eigenvalue weighted by Gasteiger charge is 2.44. The summed E-state index contributed by atoms with van der Waals surface area (Å²) in [4.78, 5) is 26.3. The number of rotatable bonds is 6. The quantitative estimate of drug-likeness (QED) is 0.189. The molecule has 3 aromatic rings. The molecule has 0 radical (unpaired) electrons. The molecule has 50 heavy (non-hydrogen) atoms. The van der Waals surface area contributed by atoms with E-state index in [-0.39, 0.29) is 34.7 Å². The van der Waals surface area contributed by atoms with Crippen LogP contribution in [0, 0.1) is 5.41 Å². The van der Waals surface area contributed by atoms with E-state index in [1.165, 1.54) is 43.2 Å². The number of cyclic esters (lactones) is 1. The summed E-state index contributed by atoms with van der Waals surface area (Å²) in [5, 5.41) is 0. The molecule has 0 aromatic heterocycles. The molecule has 1 amide bonds. The van der Waals surface area contributed by atoms with E-state index >= 15 is 0 Å². The van der Waals surface area contributed by atoms with Crippen molar-refractivity contribution in [1.82, 2.24) is 4.90 Å². The second-order valence-electron chi connectivity index (χ2n) is 13.3. The van der Waals surface area contributed by atoms with Crippen molar-refractivity contribution in [2.75, 3.05) is 13.7 Å². The fourth-order valence-corrected chi connectivity index (χ4v) is 6.47. The maximum atomic E-state index is 14.2. The lowest BCUT2D eigenvalue weighted by Crippen LogP contribution is -2.35. The number of carbonyl (C=O) groups is 2. The van der Waals surface area contributed by atoms with Crippen LogP contribution in [0.25, 0.3) is 16.7 Å². The van der Waals surface area contributed by atoms with Crippen LogP contribution in [0.3, 0.4) is 0 Å². The Hall–Kier alpha value is -4.49. The molecule has 2 unspecified atom stereocenters. The maximum absolute atomic E-state index is 14.2. The number of benzene rings is 3. The second kappa shape index (κ2) is 13.0. The normalized spacial score (nSPS) is 19.9. The SMILES string of the molecule is COC(=O)c1ccc(-c2cc(C3=C(CN4C(=O)OC(c5cc(C(F)(F)F)cc(C(F)(F)F)c5)C4C)CC(C)(C)CC3)cc(C(F)(F)F)c2)cc1. The summed E-state index contributed by atoms with van der Waals surface area (Å²) in [5.41, 5.74) is -2.72. The molecule has 5 rings (SSSR count). The van der Waals surface area contributed by atoms with Crippen LogP contribution in [0.5, 0.6) is 0 Å². The van der Waals surface area contributed by atoms with Crippen LogP contribution in [0.4, 0.5) is 44.3 Å². The number of carbonyl (C=O) groups excluding carboxylic acids is 2. The highest BCUT2D eigenvalue weighted by Crippen LogP contribution is 2.46. The number of esters is 1. The first-order chi connectivity index (χ1) is 23.1. The number of halogens is 9. The van der Waals surface area contributed by atoms with Crippen LogP contribution in [0.1, 0.15) is 84.3 Å². The lowest BCUT2D eigenvalue weighted by Gasteiger charge is -2.35. The molecule has 2 aliphatic rings. The van der Waals surface area contributed by atoms with Gasteiger partial charge in [-0.1, -0.05) is 26.0 Å². The van der Waals surface area contributed by atoms with Gasteiger partial charge in [-0.05, 0) is 114 Å². The first kappa shape index (κ1) is 36.8. The standard InChI is InChI=1S/C36H32F9NO4/c1-19-30(24-14-27(35(40,41)42)16-28(15-24)36(43,44)45)50-32(48)46(19)18-25-17-33(2,3)10-9-29(25)23-11-22(12-26(13-23)34(37,38)39)20-5-7-21(8-6-20)31(47)49-4/h5-8,11-16,19,30H,9-10,17-18H2,1-4H3. The number of hydrogen-bond donors (Lipinski definition) is 0. The third-order valence-corrected chi connectivity index (χ3v) is 9.11. The molecular weight excluding hydrogens is 681 g/mol. The van der Waals surface area contributed by atoms with Crippen LogP contribution in [0.2, 0.25) is 0 Å². The van der Waals surface area contributed by atoms with Crippen molar-refractivity contribution in [3.8, 4) is 11.1 Å². The van der Waals surface area contributed by atoms with Gasteiger partial charge in [0, 0.05) is 6.54 Å². The fraction of sp³-hybridized carbons (Fsp3) is 0.389. The van der Waals surface area contributed by atoms with E-state index in [4.69, 9.17) is 9.47 Å². The van der Waals surface area contributed by atoms with Crippen molar-refractivity contribution >= 4 is 17.6 Å². The molecule has 0 bridgehead atoms. The smallest absolute Gasteiger partial charge is 0.416 e. The summed E-state index contributed by atoms with van der Waals surface area (Å²) in [5.74, 6) is -0.619. The van der Waals surface area contributed by atoms with Crippen LogP contribution in [0.15, 0.2) is 66.2 Å². The third kappa shape index (κ3) is 7.78. The number of alkyl halides is 9. The van der Waals surface area contributed by atoms with Crippen molar-refractivity contribution < 1.29 is 58.6 Å². The Kier molecular flexibility index (Phi) is 9.56. The Bertz CT molecular complexity index is 1790. The van der Waals surface area contributed by atoms with Crippen LogP contribution in [-0.4, -0.2) is 36.7 Å². The predicted molar refractivity (Wildman–Crippen MR) is 165 cm³/mol. The Morgan fingerprint density at radius 2 is 1.36 bits per heavy atom. The summed E-state index contributed by atoms with van der Waals surface area (Å²) in [6, 6.07) is 9.39. The van der Waals surface area contributed by atoms with Crippen molar-refractivity contribution in [1.29, 1.82) is 0 Å². The maximum Gasteiger partial charge on any atom is 0.416 e. The molecule has 1 saturated heterocycles. The summed E-state index contributed by atoms with van der Waals surface area (Å²) in [6.07, 6.45) is -16.2. The summed E-state index contributed by atoms with van der Waals surface area (Å²) in [7, 11) is 1.20. The number of hydrogen-bond acceptors (Lipinski definition) is 4. The Morgan fingerprint density at radius 3 is 1.90 bits per heavy atom. The molecular formula is C36H32F9NO4. The van der Waals surface area contributed by atoms with E-state index in [1.54, 1.807) is 6.07 Å². The van der Waals surface area contributed by atoms with Gasteiger partial charge < -0.3 is 9.47 Å². The number of amides is 1. The van der Waals surface area contributed by atoms with Gasteiger partial charge in [0.15, 0.2) is 0 Å². The largest absolute Gasteiger partial charge is 0.465 e. The highest BCUT2D eigenvalue weighted by atomic mass is 19.4. The van der Waals surface area contributed by atoms with E-state index in [0.717, 1.165) is 12.1 Å². The number of nitrogens with zero attached hydrogens (tertiary/aromatic N) is 1. The van der Waals surface area contributed by atoms with Gasteiger partial charge in [-0.25, -0.2) is 9.59 Å². The molecule has 5 nitrogen and oxygen atoms in total. The molecule has 268 valence electrons. The topological polar surface area (TPSA) is 55.8 Å². The number of ether oxygens (including phenoxy) is 2. The lowest BCUT2D eigenvalue weighted by atomic mass is 9.72. The molecule has 1 aliphatic heterocycles. The molecule has 0 N–H and O–H groups in total. The molecule has 2 atom stereocenters. The van der Waals surface area contributed by atoms with Crippen molar-refractivity contribution in [2.24, 2.45) is 5.41 Å². The summed E-state index contributed by atoms with van der Waals surface area (Å²) >= 11 is 0. The summed E-state index contributed by atoms with van der Waals surface area (Å²) < 4.78 is 134. The predicted octanol–water partition coefficient (Wildman–Crippen LogP) is 10.7. The second-order valence-corrected chi connectivity index (χ2v) is 13.3. The van der Waals surface area contributed by atoms with Gasteiger partial charge >= 0.3 is 30.6 Å². The summed E-state index contributed by atoms with van der Waals surface area (Å²) in [6.45, 7) is 5.14. The van der Waals surface area contributed by atoms with Gasteiger partial charge in [0.25, 0.3) is 0 Å².